The highest BCUT2D eigenvalue weighted by molar-refractivity contribution is 6.04. The van der Waals surface area contributed by atoms with Crippen molar-refractivity contribution >= 4 is 28.0 Å². The van der Waals surface area contributed by atoms with Crippen LogP contribution < -0.4 is 22.1 Å². The molecule has 44 heavy (non-hydrogen) atoms. The normalized spacial score (nSPS) is 14.4. The third-order valence-electron chi connectivity index (χ3n) is 7.95. The molecule has 1 aliphatic rings. The molecule has 6 N–H and O–H groups in total. The fourth-order valence-electron chi connectivity index (χ4n) is 6.00. The summed E-state index contributed by atoms with van der Waals surface area (Å²) in [7, 11) is 0. The number of allylic oxidation sites excluding steroid dienone is 2. The minimum atomic E-state index is 0.552. The van der Waals surface area contributed by atoms with Gasteiger partial charge in [0.15, 0.2) is 0 Å². The molecule has 4 aromatic carbocycles. The number of anilines is 2. The number of fused-ring (bicyclic) bond motifs is 1. The Balaban J connectivity index is 1.54. The lowest BCUT2D eigenvalue weighted by atomic mass is 10.1. The van der Waals surface area contributed by atoms with Gasteiger partial charge in [-0.1, -0.05) is 97.1 Å². The SMILES string of the molecule is N/C=C\C=C1/CC(N)=C(c2c(N)c3ccccc3n2-c2cc(-c3ccccc3)nc(-c3ccccc3)c2)N1c1ccccc1. The number of hydrogen-bond acceptors (Lipinski definition) is 5. The quantitative estimate of drug-likeness (QED) is 0.189. The maximum absolute atomic E-state index is 7.10. The molecule has 214 valence electrons. The van der Waals surface area contributed by atoms with Gasteiger partial charge in [-0.2, -0.15) is 0 Å². The Morgan fingerprint density at radius 2 is 1.23 bits per heavy atom. The van der Waals surface area contributed by atoms with Crippen LogP contribution in [0.15, 0.2) is 157 Å². The fourth-order valence-corrected chi connectivity index (χ4v) is 6.00. The smallest absolute Gasteiger partial charge is 0.0960 e. The van der Waals surface area contributed by atoms with Crippen molar-refractivity contribution in [3.8, 4) is 28.2 Å². The molecular weight excluding hydrogens is 540 g/mol. The summed E-state index contributed by atoms with van der Waals surface area (Å²) in [5.74, 6) is 0. The molecule has 6 aromatic rings. The van der Waals surface area contributed by atoms with Crippen molar-refractivity contribution < 1.29 is 0 Å². The first-order valence-electron chi connectivity index (χ1n) is 14.6. The summed E-state index contributed by atoms with van der Waals surface area (Å²) in [6.07, 6.45) is 5.92. The first-order valence-corrected chi connectivity index (χ1v) is 14.6. The van der Waals surface area contributed by atoms with Crippen molar-refractivity contribution in [2.45, 2.75) is 6.42 Å². The Labute approximate surface area is 256 Å². The summed E-state index contributed by atoms with van der Waals surface area (Å²) in [6.45, 7) is 0. The van der Waals surface area contributed by atoms with Gasteiger partial charge in [0, 0.05) is 40.0 Å². The van der Waals surface area contributed by atoms with Gasteiger partial charge in [-0.25, -0.2) is 4.98 Å². The molecule has 0 aliphatic carbocycles. The molecule has 0 saturated carbocycles. The molecule has 0 saturated heterocycles. The van der Waals surface area contributed by atoms with Crippen LogP contribution in [0.25, 0.3) is 44.8 Å². The summed E-state index contributed by atoms with van der Waals surface area (Å²) in [5, 5.41) is 0.953. The lowest BCUT2D eigenvalue weighted by Gasteiger charge is -2.26. The Morgan fingerprint density at radius 3 is 1.84 bits per heavy atom. The van der Waals surface area contributed by atoms with Gasteiger partial charge in [-0.05, 0) is 48.7 Å². The minimum absolute atomic E-state index is 0.552. The van der Waals surface area contributed by atoms with Crippen LogP contribution in [-0.4, -0.2) is 9.55 Å². The molecule has 6 heteroatoms. The van der Waals surface area contributed by atoms with Crippen LogP contribution in [0.3, 0.4) is 0 Å². The van der Waals surface area contributed by atoms with Gasteiger partial charge in [-0.15, -0.1) is 0 Å². The van der Waals surface area contributed by atoms with Crippen molar-refractivity contribution in [3.05, 3.63) is 163 Å². The first-order chi connectivity index (χ1) is 21.6. The Hall–Kier alpha value is -6.01. The molecule has 0 amide bonds. The van der Waals surface area contributed by atoms with E-state index in [0.29, 0.717) is 12.1 Å². The molecule has 0 bridgehead atoms. The van der Waals surface area contributed by atoms with Crippen molar-refractivity contribution in [1.82, 2.24) is 9.55 Å². The zero-order valence-electron chi connectivity index (χ0n) is 24.1. The third-order valence-corrected chi connectivity index (χ3v) is 7.95. The lowest BCUT2D eigenvalue weighted by molar-refractivity contribution is 1.07. The predicted molar refractivity (Wildman–Crippen MR) is 182 cm³/mol. The van der Waals surface area contributed by atoms with E-state index in [1.165, 1.54) is 6.20 Å². The lowest BCUT2D eigenvalue weighted by Crippen LogP contribution is -2.19. The second-order valence-electron chi connectivity index (χ2n) is 10.7. The second kappa shape index (κ2) is 11.3. The van der Waals surface area contributed by atoms with E-state index >= 15 is 0 Å². The van der Waals surface area contributed by atoms with Gasteiger partial charge >= 0.3 is 0 Å². The highest BCUT2D eigenvalue weighted by Crippen LogP contribution is 2.45. The fraction of sp³-hybridized carbons (Fsp3) is 0.0263. The zero-order valence-corrected chi connectivity index (χ0v) is 24.1. The molecule has 0 unspecified atom stereocenters. The summed E-state index contributed by atoms with van der Waals surface area (Å²) < 4.78 is 2.23. The highest BCUT2D eigenvalue weighted by Gasteiger charge is 2.33. The molecule has 3 heterocycles. The number of benzene rings is 4. The topological polar surface area (TPSA) is 99.1 Å². The number of nitrogen functional groups attached to an aromatic ring is 1. The maximum atomic E-state index is 7.10. The largest absolute Gasteiger partial charge is 0.405 e. The number of hydrogen-bond donors (Lipinski definition) is 3. The number of rotatable bonds is 6. The van der Waals surface area contributed by atoms with Crippen LogP contribution in [0.1, 0.15) is 12.1 Å². The van der Waals surface area contributed by atoms with E-state index in [9.17, 15) is 0 Å². The van der Waals surface area contributed by atoms with Gasteiger partial charge in [0.25, 0.3) is 0 Å². The number of nitrogens with zero attached hydrogens (tertiary/aromatic N) is 3. The summed E-state index contributed by atoms with van der Waals surface area (Å²) >= 11 is 0. The van der Waals surface area contributed by atoms with Gasteiger partial charge in [0.1, 0.15) is 0 Å². The summed E-state index contributed by atoms with van der Waals surface area (Å²) in [5.41, 5.74) is 30.6. The second-order valence-corrected chi connectivity index (χ2v) is 10.7. The average molecular weight is 573 g/mol. The first kappa shape index (κ1) is 26.9. The molecule has 1 aliphatic heterocycles. The summed E-state index contributed by atoms with van der Waals surface area (Å²) in [6, 6.07) is 43.2. The van der Waals surface area contributed by atoms with Gasteiger partial charge < -0.3 is 26.7 Å². The maximum Gasteiger partial charge on any atom is 0.0960 e. The molecule has 6 nitrogen and oxygen atoms in total. The van der Waals surface area contributed by atoms with Gasteiger partial charge in [0.2, 0.25) is 0 Å². The summed E-state index contributed by atoms with van der Waals surface area (Å²) in [4.78, 5) is 7.30. The van der Waals surface area contributed by atoms with Crippen LogP contribution in [0.4, 0.5) is 11.4 Å². The van der Waals surface area contributed by atoms with E-state index < -0.39 is 0 Å². The molecule has 2 aromatic heterocycles. The number of nitrogens with two attached hydrogens (primary N) is 3. The molecule has 7 rings (SSSR count). The predicted octanol–water partition coefficient (Wildman–Crippen LogP) is 7.84. The highest BCUT2D eigenvalue weighted by atomic mass is 15.2. The standard InChI is InChI=1S/C38H32N6/c39-22-12-19-29-23-32(40)37(43(29)28-17-8-3-9-18-28)38-36(41)31-20-10-11-21-35(31)44(38)30-24-33(26-13-4-1-5-14-26)42-34(25-30)27-15-6-2-7-16-27/h1-22,24-25H,23,39-41H2/b22-12-,29-19+. The van der Waals surface area contributed by atoms with Crippen LogP contribution >= 0.6 is 0 Å². The molecule has 0 spiro atoms. The van der Waals surface area contributed by atoms with E-state index in [1.54, 1.807) is 0 Å². The van der Waals surface area contributed by atoms with E-state index in [0.717, 1.165) is 67.6 Å². The van der Waals surface area contributed by atoms with Crippen molar-refractivity contribution in [2.75, 3.05) is 10.6 Å². The third kappa shape index (κ3) is 4.68. The van der Waals surface area contributed by atoms with Crippen molar-refractivity contribution in [3.63, 3.8) is 0 Å². The number of para-hydroxylation sites is 2. The number of pyridine rings is 1. The monoisotopic (exact) mass is 572 g/mol. The van der Waals surface area contributed by atoms with Crippen LogP contribution in [0.5, 0.6) is 0 Å². The van der Waals surface area contributed by atoms with E-state index in [-0.39, 0.29) is 0 Å². The van der Waals surface area contributed by atoms with Crippen LogP contribution in [0.2, 0.25) is 0 Å². The van der Waals surface area contributed by atoms with Gasteiger partial charge in [-0.3, -0.25) is 0 Å². The van der Waals surface area contributed by atoms with E-state index in [4.69, 9.17) is 22.2 Å². The van der Waals surface area contributed by atoms with Crippen LogP contribution in [0, 0.1) is 0 Å². The minimum Gasteiger partial charge on any atom is -0.405 e. The van der Waals surface area contributed by atoms with Gasteiger partial charge in [0.05, 0.1) is 39.7 Å². The Morgan fingerprint density at radius 1 is 0.659 bits per heavy atom. The average Bonchev–Trinajstić information content (AvgIpc) is 3.57. The van der Waals surface area contributed by atoms with E-state index in [1.807, 2.05) is 78.9 Å². The molecule has 0 fully saturated rings. The van der Waals surface area contributed by atoms with E-state index in [2.05, 4.69) is 70.1 Å². The molecular formula is C38H32N6. The molecule has 0 radical (unpaired) electrons. The van der Waals surface area contributed by atoms with Crippen molar-refractivity contribution in [2.24, 2.45) is 11.5 Å². The Kier molecular flexibility index (Phi) is 6.93. The van der Waals surface area contributed by atoms with Crippen molar-refractivity contribution in [1.29, 1.82) is 0 Å². The Bertz CT molecular complexity index is 2000. The zero-order chi connectivity index (χ0) is 30.0. The molecule has 0 atom stereocenters. The van der Waals surface area contributed by atoms with Crippen LogP contribution in [-0.2, 0) is 0 Å². The number of aromatic nitrogens is 2.